The van der Waals surface area contributed by atoms with Gasteiger partial charge in [-0.05, 0) is 18.2 Å². The minimum absolute atomic E-state index is 0.353. The van der Waals surface area contributed by atoms with Crippen molar-refractivity contribution in [1.82, 2.24) is 20.2 Å². The highest BCUT2D eigenvalue weighted by atomic mass is 19.1. The third-order valence-electron chi connectivity index (χ3n) is 3.63. The number of rotatable bonds is 1. The van der Waals surface area contributed by atoms with Crippen molar-refractivity contribution in [2.75, 3.05) is 0 Å². The van der Waals surface area contributed by atoms with Gasteiger partial charge in [-0.2, -0.15) is 10.4 Å². The average Bonchev–Trinajstić information content (AvgIpc) is 2.96. The van der Waals surface area contributed by atoms with Crippen LogP contribution in [0, 0.1) is 17.1 Å². The standard InChI is InChI=1S/C17H8FN5/c18-14-4-2-1-3-11(14)16-12-7-10(8-19)15-13(9-22-23-15)17(12)21-6-5-20-16/h1-7,9H. The smallest absolute Gasteiger partial charge is 0.132 e. The molecule has 0 atom stereocenters. The molecule has 0 saturated carbocycles. The zero-order valence-corrected chi connectivity index (χ0v) is 11.7. The first kappa shape index (κ1) is 13.2. The Balaban J connectivity index is 2.23. The van der Waals surface area contributed by atoms with E-state index in [0.717, 1.165) is 0 Å². The van der Waals surface area contributed by atoms with Crippen molar-refractivity contribution in [1.29, 1.82) is 5.26 Å². The highest BCUT2D eigenvalue weighted by molar-refractivity contribution is 6.09. The zero-order valence-electron chi connectivity index (χ0n) is 11.7. The first-order valence-electron chi connectivity index (χ1n) is 6.83. The molecule has 0 amide bonds. The molecule has 6 heteroatoms. The molecule has 0 N–H and O–H groups in total. The molecule has 0 radical (unpaired) electrons. The summed E-state index contributed by atoms with van der Waals surface area (Å²) in [5.74, 6) is -0.384. The van der Waals surface area contributed by atoms with Crippen LogP contribution in [0.15, 0.2) is 48.9 Å². The molecule has 2 heterocycles. The number of fused-ring (bicyclic) bond motifs is 3. The molecule has 108 valence electrons. The van der Waals surface area contributed by atoms with Crippen LogP contribution in [0.1, 0.15) is 5.56 Å². The summed E-state index contributed by atoms with van der Waals surface area (Å²) >= 11 is 0. The number of nitriles is 1. The summed E-state index contributed by atoms with van der Waals surface area (Å²) < 4.78 is 14.2. The van der Waals surface area contributed by atoms with Gasteiger partial charge >= 0.3 is 0 Å². The minimum Gasteiger partial charge on any atom is -0.254 e. The Hall–Kier alpha value is -3.46. The van der Waals surface area contributed by atoms with Crippen LogP contribution >= 0.6 is 0 Å². The van der Waals surface area contributed by atoms with Crippen molar-refractivity contribution in [2.45, 2.75) is 0 Å². The van der Waals surface area contributed by atoms with Crippen molar-refractivity contribution in [2.24, 2.45) is 0 Å². The quantitative estimate of drug-likeness (QED) is 0.539. The van der Waals surface area contributed by atoms with Crippen LogP contribution < -0.4 is 0 Å². The van der Waals surface area contributed by atoms with Gasteiger partial charge in [0.2, 0.25) is 0 Å². The number of benzene rings is 2. The third-order valence-corrected chi connectivity index (χ3v) is 3.63. The average molecular weight is 301 g/mol. The van der Waals surface area contributed by atoms with Gasteiger partial charge in [0.25, 0.3) is 0 Å². The maximum absolute atomic E-state index is 14.2. The highest BCUT2D eigenvalue weighted by Crippen LogP contribution is 2.31. The Morgan fingerprint density at radius 3 is 2.65 bits per heavy atom. The van der Waals surface area contributed by atoms with Crippen molar-refractivity contribution in [3.63, 3.8) is 0 Å². The largest absolute Gasteiger partial charge is 0.254 e. The molecule has 2 aromatic carbocycles. The predicted octanol–water partition coefficient (Wildman–Crippen LogP) is 3.25. The fourth-order valence-corrected chi connectivity index (χ4v) is 2.62. The Morgan fingerprint density at radius 2 is 1.83 bits per heavy atom. The highest BCUT2D eigenvalue weighted by Gasteiger charge is 2.15. The topological polar surface area (TPSA) is 75.3 Å². The van der Waals surface area contributed by atoms with Gasteiger partial charge in [0.15, 0.2) is 0 Å². The van der Waals surface area contributed by atoms with E-state index >= 15 is 0 Å². The van der Waals surface area contributed by atoms with E-state index < -0.39 is 0 Å². The monoisotopic (exact) mass is 301 g/mol. The Kier molecular flexibility index (Phi) is 2.91. The Bertz CT molecular complexity index is 1100. The van der Waals surface area contributed by atoms with E-state index in [1.165, 1.54) is 18.5 Å². The molecule has 0 aliphatic heterocycles. The van der Waals surface area contributed by atoms with E-state index in [-0.39, 0.29) is 5.82 Å². The van der Waals surface area contributed by atoms with Crippen LogP contribution in [0.4, 0.5) is 4.39 Å². The lowest BCUT2D eigenvalue weighted by atomic mass is 10.0. The molecule has 0 saturated heterocycles. The van der Waals surface area contributed by atoms with Crippen LogP contribution in [-0.2, 0) is 0 Å². The molecular weight excluding hydrogens is 293 g/mol. The molecule has 0 aliphatic rings. The zero-order chi connectivity index (χ0) is 15.8. The molecule has 0 unspecified atom stereocenters. The number of aromatic nitrogens is 4. The van der Waals surface area contributed by atoms with Gasteiger partial charge in [0, 0.05) is 28.7 Å². The predicted molar refractivity (Wildman–Crippen MR) is 82.7 cm³/mol. The van der Waals surface area contributed by atoms with Crippen LogP contribution in [0.2, 0.25) is 0 Å². The third kappa shape index (κ3) is 1.99. The van der Waals surface area contributed by atoms with Crippen LogP contribution in [-0.4, -0.2) is 20.2 Å². The summed E-state index contributed by atoms with van der Waals surface area (Å²) in [6, 6.07) is 10.1. The molecule has 0 aliphatic carbocycles. The van der Waals surface area contributed by atoms with E-state index in [9.17, 15) is 9.65 Å². The SMILES string of the molecule is N#Cc1cc2c(-c3ccccc3F)nccnc2c2cnnc12. The van der Waals surface area contributed by atoms with E-state index in [4.69, 9.17) is 0 Å². The van der Waals surface area contributed by atoms with Gasteiger partial charge in [-0.1, -0.05) is 12.1 Å². The van der Waals surface area contributed by atoms with Crippen LogP contribution in [0.25, 0.3) is 33.1 Å². The van der Waals surface area contributed by atoms with Crippen LogP contribution in [0.3, 0.4) is 0 Å². The summed E-state index contributed by atoms with van der Waals surface area (Å²) in [6.07, 6.45) is 4.59. The molecule has 4 aromatic rings. The molecule has 0 fully saturated rings. The lowest BCUT2D eigenvalue weighted by Crippen LogP contribution is -1.89. The maximum atomic E-state index is 14.2. The molecular formula is C17H8FN5. The van der Waals surface area contributed by atoms with Gasteiger partial charge in [-0.25, -0.2) is 4.39 Å². The Labute approximate surface area is 130 Å². The summed E-state index contributed by atoms with van der Waals surface area (Å²) in [4.78, 5) is 8.68. The minimum atomic E-state index is -0.384. The second-order valence-electron chi connectivity index (χ2n) is 4.92. The molecule has 4 rings (SSSR count). The van der Waals surface area contributed by atoms with Gasteiger partial charge in [-0.3, -0.25) is 9.97 Å². The van der Waals surface area contributed by atoms with Crippen LogP contribution in [0.5, 0.6) is 0 Å². The van der Waals surface area contributed by atoms with E-state index in [1.807, 2.05) is 0 Å². The van der Waals surface area contributed by atoms with Gasteiger partial charge in [-0.15, -0.1) is 5.10 Å². The number of hydrogen-bond acceptors (Lipinski definition) is 5. The molecule has 0 bridgehead atoms. The summed E-state index contributed by atoms with van der Waals surface area (Å²) in [5.41, 5.74) is 2.21. The molecule has 2 aromatic heterocycles. The second-order valence-corrected chi connectivity index (χ2v) is 4.92. The fourth-order valence-electron chi connectivity index (χ4n) is 2.62. The lowest BCUT2D eigenvalue weighted by Gasteiger charge is -2.04. The first-order chi connectivity index (χ1) is 11.3. The number of nitrogens with zero attached hydrogens (tertiary/aromatic N) is 5. The normalized spacial score (nSPS) is 10.8. The molecule has 0 spiro atoms. The second kappa shape index (κ2) is 5.07. The Morgan fingerprint density at radius 1 is 1.00 bits per heavy atom. The van der Waals surface area contributed by atoms with Gasteiger partial charge in [0.1, 0.15) is 17.4 Å². The fraction of sp³-hybridized carbons (Fsp3) is 0. The first-order valence-corrected chi connectivity index (χ1v) is 6.83. The van der Waals surface area contributed by atoms with Crippen molar-refractivity contribution in [3.8, 4) is 17.3 Å². The summed E-state index contributed by atoms with van der Waals surface area (Å²) in [5, 5.41) is 18.4. The lowest BCUT2D eigenvalue weighted by molar-refractivity contribution is 0.631. The summed E-state index contributed by atoms with van der Waals surface area (Å²) in [6.45, 7) is 0. The summed E-state index contributed by atoms with van der Waals surface area (Å²) in [7, 11) is 0. The van der Waals surface area contributed by atoms with E-state index in [1.54, 1.807) is 30.5 Å². The molecule has 5 nitrogen and oxygen atoms in total. The maximum Gasteiger partial charge on any atom is 0.132 e. The van der Waals surface area contributed by atoms with Crippen molar-refractivity contribution < 1.29 is 4.39 Å². The van der Waals surface area contributed by atoms with Gasteiger partial charge < -0.3 is 0 Å². The number of halogens is 1. The molecule has 23 heavy (non-hydrogen) atoms. The number of hydrogen-bond donors (Lipinski definition) is 0. The van der Waals surface area contributed by atoms with Gasteiger partial charge in [0.05, 0.1) is 23.0 Å². The van der Waals surface area contributed by atoms with Crippen molar-refractivity contribution in [3.05, 3.63) is 60.3 Å². The van der Waals surface area contributed by atoms with E-state index in [2.05, 4.69) is 26.2 Å². The van der Waals surface area contributed by atoms with E-state index in [0.29, 0.717) is 38.6 Å². The van der Waals surface area contributed by atoms with Crippen molar-refractivity contribution >= 4 is 21.8 Å².